The van der Waals surface area contributed by atoms with Crippen molar-refractivity contribution in [2.24, 2.45) is 0 Å². The Hall–Kier alpha value is -3.13. The fourth-order valence-electron chi connectivity index (χ4n) is 4.10. The summed E-state index contributed by atoms with van der Waals surface area (Å²) in [5.74, 6) is -0.350. The van der Waals surface area contributed by atoms with Crippen molar-refractivity contribution in [1.82, 2.24) is 4.90 Å². The summed E-state index contributed by atoms with van der Waals surface area (Å²) < 4.78 is 19.7. The van der Waals surface area contributed by atoms with Crippen molar-refractivity contribution < 1.29 is 13.9 Å². The minimum absolute atomic E-state index is 0.0149. The van der Waals surface area contributed by atoms with Crippen LogP contribution in [0.15, 0.2) is 54.6 Å². The molecule has 0 N–H and O–H groups in total. The lowest BCUT2D eigenvalue weighted by molar-refractivity contribution is 0.0832. The maximum absolute atomic E-state index is 14.2. The van der Waals surface area contributed by atoms with E-state index in [2.05, 4.69) is 6.08 Å². The van der Waals surface area contributed by atoms with Crippen LogP contribution < -0.4 is 0 Å². The topological polar surface area (TPSA) is 53.3 Å². The van der Waals surface area contributed by atoms with Crippen molar-refractivity contribution in [1.29, 1.82) is 5.26 Å². The van der Waals surface area contributed by atoms with Crippen molar-refractivity contribution in [3.05, 3.63) is 77.1 Å². The highest BCUT2D eigenvalue weighted by Crippen LogP contribution is 2.39. The molecule has 2 aliphatic heterocycles. The third-order valence-corrected chi connectivity index (χ3v) is 5.50. The van der Waals surface area contributed by atoms with Crippen LogP contribution in [0.1, 0.15) is 36.0 Å². The normalized spacial score (nSPS) is 20.4. The van der Waals surface area contributed by atoms with E-state index in [4.69, 9.17) is 10.00 Å². The Balaban J connectivity index is 1.47. The number of hydrogen-bond acceptors (Lipinski definition) is 3. The first kappa shape index (κ1) is 18.2. The van der Waals surface area contributed by atoms with E-state index >= 15 is 0 Å². The standard InChI is InChI=1S/C23H21FN2O2/c24-22-14-18(7-6-17(22)10-11-25)19-12-20-8-9-21(13-19)26(20)23(27)28-15-16-4-2-1-3-5-16/h1-7,12,14,20-21H,8-10,13,15H2. The van der Waals surface area contributed by atoms with E-state index in [1.54, 1.807) is 6.07 Å². The largest absolute Gasteiger partial charge is 0.445 e. The molecular weight excluding hydrogens is 355 g/mol. The summed E-state index contributed by atoms with van der Waals surface area (Å²) in [6.45, 7) is 0.262. The summed E-state index contributed by atoms with van der Waals surface area (Å²) in [6, 6.07) is 16.7. The van der Waals surface area contributed by atoms with Gasteiger partial charge in [-0.25, -0.2) is 9.18 Å². The number of fused-ring (bicyclic) bond motifs is 2. The molecule has 2 aromatic rings. The van der Waals surface area contributed by atoms with Crippen molar-refractivity contribution in [3.8, 4) is 6.07 Å². The summed E-state index contributed by atoms with van der Waals surface area (Å²) in [6.07, 6.45) is 4.34. The molecule has 142 valence electrons. The van der Waals surface area contributed by atoms with Crippen LogP contribution in [0.4, 0.5) is 9.18 Å². The highest BCUT2D eigenvalue weighted by Gasteiger charge is 2.40. The number of nitriles is 1. The Kier molecular flexibility index (Phi) is 5.12. The van der Waals surface area contributed by atoms with Gasteiger partial charge < -0.3 is 4.74 Å². The molecule has 4 nitrogen and oxygen atoms in total. The van der Waals surface area contributed by atoms with Gasteiger partial charge in [-0.05, 0) is 42.0 Å². The molecule has 5 heteroatoms. The lowest BCUT2D eigenvalue weighted by Crippen LogP contribution is -2.43. The monoisotopic (exact) mass is 376 g/mol. The Morgan fingerprint density at radius 3 is 2.75 bits per heavy atom. The minimum atomic E-state index is -0.350. The fraction of sp³-hybridized carbons (Fsp3) is 0.304. The SMILES string of the molecule is N#CCc1ccc(C2=CC3CCC(C2)N3C(=O)OCc2ccccc2)cc1F. The summed E-state index contributed by atoms with van der Waals surface area (Å²) in [7, 11) is 0. The second-order valence-electron chi connectivity index (χ2n) is 7.28. The number of hydrogen-bond donors (Lipinski definition) is 0. The van der Waals surface area contributed by atoms with E-state index in [1.807, 2.05) is 47.4 Å². The maximum Gasteiger partial charge on any atom is 0.410 e. The fourth-order valence-corrected chi connectivity index (χ4v) is 4.10. The van der Waals surface area contributed by atoms with Crippen LogP contribution in [0.2, 0.25) is 0 Å². The Bertz CT molecular complexity index is 949. The zero-order valence-electron chi connectivity index (χ0n) is 15.5. The molecule has 2 aliphatic rings. The lowest BCUT2D eigenvalue weighted by atomic mass is 9.94. The molecule has 2 heterocycles. The molecule has 1 fully saturated rings. The second-order valence-corrected chi connectivity index (χ2v) is 7.28. The predicted octanol–water partition coefficient (Wildman–Crippen LogP) is 4.85. The first-order valence-corrected chi connectivity index (χ1v) is 9.51. The van der Waals surface area contributed by atoms with E-state index in [9.17, 15) is 9.18 Å². The molecule has 0 radical (unpaired) electrons. The summed E-state index contributed by atoms with van der Waals surface area (Å²) >= 11 is 0. The molecule has 0 aliphatic carbocycles. The molecule has 2 unspecified atom stereocenters. The number of benzene rings is 2. The number of ether oxygens (including phenoxy) is 1. The molecule has 1 saturated heterocycles. The lowest BCUT2D eigenvalue weighted by Gasteiger charge is -2.33. The van der Waals surface area contributed by atoms with Crippen LogP contribution >= 0.6 is 0 Å². The van der Waals surface area contributed by atoms with Gasteiger partial charge in [-0.1, -0.05) is 48.5 Å². The first-order valence-electron chi connectivity index (χ1n) is 9.51. The molecular formula is C23H21FN2O2. The number of carbonyl (C=O) groups excluding carboxylic acids is 1. The van der Waals surface area contributed by atoms with Crippen molar-refractivity contribution in [3.63, 3.8) is 0 Å². The molecule has 0 saturated carbocycles. The smallest absolute Gasteiger partial charge is 0.410 e. The summed E-state index contributed by atoms with van der Waals surface area (Å²) in [5, 5.41) is 8.76. The number of halogens is 1. The van der Waals surface area contributed by atoms with Crippen LogP contribution in [0.5, 0.6) is 0 Å². The quantitative estimate of drug-likeness (QED) is 0.767. The molecule has 2 bridgehead atoms. The third-order valence-electron chi connectivity index (χ3n) is 5.50. The average Bonchev–Trinajstić information content (AvgIpc) is 2.98. The molecule has 2 atom stereocenters. The van der Waals surface area contributed by atoms with Gasteiger partial charge in [-0.3, -0.25) is 4.90 Å². The van der Waals surface area contributed by atoms with Crippen molar-refractivity contribution in [2.75, 3.05) is 0 Å². The van der Waals surface area contributed by atoms with Crippen LogP contribution in [-0.4, -0.2) is 23.1 Å². The van der Waals surface area contributed by atoms with Gasteiger partial charge in [-0.2, -0.15) is 5.26 Å². The Morgan fingerprint density at radius 1 is 1.21 bits per heavy atom. The minimum Gasteiger partial charge on any atom is -0.445 e. The van der Waals surface area contributed by atoms with Crippen LogP contribution in [0, 0.1) is 17.1 Å². The van der Waals surface area contributed by atoms with Crippen LogP contribution in [0.3, 0.4) is 0 Å². The Labute approximate surface area is 163 Å². The van der Waals surface area contributed by atoms with Crippen molar-refractivity contribution >= 4 is 11.7 Å². The number of amides is 1. The van der Waals surface area contributed by atoms with Gasteiger partial charge in [0.15, 0.2) is 0 Å². The molecule has 28 heavy (non-hydrogen) atoms. The zero-order valence-corrected chi connectivity index (χ0v) is 15.5. The van der Waals surface area contributed by atoms with Gasteiger partial charge in [0, 0.05) is 11.6 Å². The van der Waals surface area contributed by atoms with E-state index in [-0.39, 0.29) is 37.0 Å². The Morgan fingerprint density at radius 2 is 2.04 bits per heavy atom. The number of nitrogens with zero attached hydrogens (tertiary/aromatic N) is 2. The predicted molar refractivity (Wildman–Crippen MR) is 104 cm³/mol. The van der Waals surface area contributed by atoms with E-state index in [0.29, 0.717) is 12.0 Å². The molecule has 4 rings (SSSR count). The highest BCUT2D eigenvalue weighted by molar-refractivity contribution is 5.75. The average molecular weight is 376 g/mol. The molecule has 0 aromatic heterocycles. The van der Waals surface area contributed by atoms with E-state index in [1.165, 1.54) is 6.07 Å². The first-order chi connectivity index (χ1) is 13.7. The van der Waals surface area contributed by atoms with E-state index < -0.39 is 0 Å². The van der Waals surface area contributed by atoms with Gasteiger partial charge in [0.05, 0.1) is 18.5 Å². The number of carbonyl (C=O) groups is 1. The van der Waals surface area contributed by atoms with Crippen LogP contribution in [-0.2, 0) is 17.8 Å². The van der Waals surface area contributed by atoms with Crippen molar-refractivity contribution in [2.45, 2.75) is 44.4 Å². The maximum atomic E-state index is 14.2. The van der Waals surface area contributed by atoms with Gasteiger partial charge in [0.1, 0.15) is 12.4 Å². The molecule has 0 spiro atoms. The summed E-state index contributed by atoms with van der Waals surface area (Å²) in [4.78, 5) is 14.5. The zero-order chi connectivity index (χ0) is 19.5. The van der Waals surface area contributed by atoms with Gasteiger partial charge in [0.25, 0.3) is 0 Å². The van der Waals surface area contributed by atoms with Crippen LogP contribution in [0.25, 0.3) is 5.57 Å². The van der Waals surface area contributed by atoms with Gasteiger partial charge in [0.2, 0.25) is 0 Å². The number of rotatable bonds is 4. The van der Waals surface area contributed by atoms with Gasteiger partial charge >= 0.3 is 6.09 Å². The molecule has 1 amide bonds. The second kappa shape index (κ2) is 7.85. The summed E-state index contributed by atoms with van der Waals surface area (Å²) in [5.41, 5.74) is 3.26. The van der Waals surface area contributed by atoms with E-state index in [0.717, 1.165) is 29.5 Å². The highest BCUT2D eigenvalue weighted by atomic mass is 19.1. The molecule has 2 aromatic carbocycles. The van der Waals surface area contributed by atoms with Gasteiger partial charge in [-0.15, -0.1) is 0 Å². The third kappa shape index (κ3) is 3.63.